The van der Waals surface area contributed by atoms with E-state index in [-0.39, 0.29) is 5.69 Å². The molecule has 0 aromatic heterocycles. The molecule has 1 rings (SSSR count). The third-order valence-corrected chi connectivity index (χ3v) is 2.32. The first-order valence-electron chi connectivity index (χ1n) is 5.06. The van der Waals surface area contributed by atoms with Gasteiger partial charge in [-0.2, -0.15) is 18.4 Å². The molecule has 0 aliphatic heterocycles. The van der Waals surface area contributed by atoms with Gasteiger partial charge in [0.1, 0.15) is 5.88 Å². The minimum atomic E-state index is -4.73. The molecule has 3 amide bonds. The van der Waals surface area contributed by atoms with Gasteiger partial charge in [-0.1, -0.05) is 0 Å². The number of urea groups is 1. The fourth-order valence-corrected chi connectivity index (χ4v) is 1.34. The summed E-state index contributed by atoms with van der Waals surface area (Å²) in [6.45, 7) is 0. The molecule has 0 heterocycles. The summed E-state index contributed by atoms with van der Waals surface area (Å²) in [5.74, 6) is -1.26. The topological polar surface area (TPSA) is 82.0 Å². The number of amides is 3. The van der Waals surface area contributed by atoms with E-state index in [0.29, 0.717) is 6.07 Å². The van der Waals surface area contributed by atoms with Crippen LogP contribution in [0.1, 0.15) is 11.1 Å². The molecular formula is C11H7ClF3N3O2. The zero-order valence-electron chi connectivity index (χ0n) is 9.71. The molecule has 106 valence electrons. The summed E-state index contributed by atoms with van der Waals surface area (Å²) >= 11 is 5.15. The average Bonchev–Trinajstić information content (AvgIpc) is 2.37. The molecule has 0 aliphatic rings. The Labute approximate surface area is 116 Å². The molecule has 0 spiro atoms. The number of rotatable bonds is 2. The molecule has 0 aliphatic carbocycles. The third kappa shape index (κ3) is 4.13. The quantitative estimate of drug-likeness (QED) is 0.823. The summed E-state index contributed by atoms with van der Waals surface area (Å²) < 4.78 is 38.0. The van der Waals surface area contributed by atoms with E-state index in [1.807, 2.05) is 5.32 Å². The number of nitrogens with one attached hydrogen (secondary N) is 2. The fourth-order valence-electron chi connectivity index (χ4n) is 1.28. The van der Waals surface area contributed by atoms with E-state index in [9.17, 15) is 22.8 Å². The van der Waals surface area contributed by atoms with E-state index in [0.717, 1.165) is 12.1 Å². The van der Waals surface area contributed by atoms with Gasteiger partial charge in [0.05, 0.1) is 17.2 Å². The maximum absolute atomic E-state index is 12.7. The van der Waals surface area contributed by atoms with Crippen LogP contribution < -0.4 is 10.6 Å². The van der Waals surface area contributed by atoms with Gasteiger partial charge in [-0.25, -0.2) is 4.79 Å². The predicted octanol–water partition coefficient (Wildman–Crippen LogP) is 2.46. The lowest BCUT2D eigenvalue weighted by Crippen LogP contribution is -2.35. The summed E-state index contributed by atoms with van der Waals surface area (Å²) in [7, 11) is 0. The Kier molecular flexibility index (Phi) is 4.94. The maximum Gasteiger partial charge on any atom is 0.417 e. The van der Waals surface area contributed by atoms with Gasteiger partial charge in [0.2, 0.25) is 5.91 Å². The van der Waals surface area contributed by atoms with Crippen molar-refractivity contribution in [3.8, 4) is 6.07 Å². The summed E-state index contributed by atoms with van der Waals surface area (Å²) in [5, 5.41) is 12.4. The van der Waals surface area contributed by atoms with Crippen LogP contribution >= 0.6 is 11.6 Å². The average molecular weight is 306 g/mol. The summed E-state index contributed by atoms with van der Waals surface area (Å²) in [6, 6.07) is 3.01. The molecule has 5 nitrogen and oxygen atoms in total. The smallest absolute Gasteiger partial charge is 0.308 e. The van der Waals surface area contributed by atoms with E-state index in [1.54, 1.807) is 5.32 Å². The van der Waals surface area contributed by atoms with Crippen LogP contribution in [0.15, 0.2) is 18.2 Å². The summed E-state index contributed by atoms with van der Waals surface area (Å²) in [5.41, 5.74) is -1.96. The number of alkyl halides is 4. The molecule has 0 fully saturated rings. The van der Waals surface area contributed by atoms with Crippen molar-refractivity contribution in [1.29, 1.82) is 5.26 Å². The van der Waals surface area contributed by atoms with E-state index in [1.165, 1.54) is 6.07 Å². The number of anilines is 1. The Bertz CT molecular complexity index is 581. The number of halogens is 4. The molecule has 9 heteroatoms. The van der Waals surface area contributed by atoms with Gasteiger partial charge in [0, 0.05) is 5.69 Å². The number of hydrogen-bond acceptors (Lipinski definition) is 3. The maximum atomic E-state index is 12.7. The lowest BCUT2D eigenvalue weighted by molar-refractivity contribution is -0.137. The van der Waals surface area contributed by atoms with Crippen molar-refractivity contribution in [2.45, 2.75) is 6.18 Å². The van der Waals surface area contributed by atoms with Crippen LogP contribution in [0.3, 0.4) is 0 Å². The van der Waals surface area contributed by atoms with Gasteiger partial charge < -0.3 is 5.32 Å². The number of imide groups is 1. The minimum Gasteiger partial charge on any atom is -0.308 e. The molecule has 1 aromatic rings. The van der Waals surface area contributed by atoms with Gasteiger partial charge >= 0.3 is 12.2 Å². The Morgan fingerprint density at radius 3 is 2.50 bits per heavy atom. The molecule has 20 heavy (non-hydrogen) atoms. The highest BCUT2D eigenvalue weighted by atomic mass is 35.5. The number of carbonyl (C=O) groups excluding carboxylic acids is 2. The molecule has 0 saturated heterocycles. The van der Waals surface area contributed by atoms with Gasteiger partial charge in [-0.05, 0) is 18.2 Å². The Morgan fingerprint density at radius 2 is 2.00 bits per heavy atom. The third-order valence-electron chi connectivity index (χ3n) is 2.08. The van der Waals surface area contributed by atoms with E-state index < -0.39 is 35.1 Å². The van der Waals surface area contributed by atoms with Gasteiger partial charge in [0.25, 0.3) is 0 Å². The van der Waals surface area contributed by atoms with Crippen LogP contribution in [0.25, 0.3) is 0 Å². The van der Waals surface area contributed by atoms with Crippen LogP contribution in [-0.2, 0) is 11.0 Å². The number of nitriles is 1. The number of benzene rings is 1. The first-order chi connectivity index (χ1) is 9.27. The van der Waals surface area contributed by atoms with Gasteiger partial charge in [0.15, 0.2) is 0 Å². The Balaban J connectivity index is 2.96. The lowest BCUT2D eigenvalue weighted by Gasteiger charge is -2.11. The van der Waals surface area contributed by atoms with Crippen molar-refractivity contribution in [3.63, 3.8) is 0 Å². The summed E-state index contributed by atoms with van der Waals surface area (Å²) in [6.07, 6.45) is -4.73. The summed E-state index contributed by atoms with van der Waals surface area (Å²) in [4.78, 5) is 22.1. The van der Waals surface area contributed by atoms with E-state index in [4.69, 9.17) is 16.9 Å². The largest absolute Gasteiger partial charge is 0.417 e. The van der Waals surface area contributed by atoms with Crippen LogP contribution in [0.5, 0.6) is 0 Å². The molecule has 2 N–H and O–H groups in total. The highest BCUT2D eigenvalue weighted by Crippen LogP contribution is 2.33. The number of nitrogens with zero attached hydrogens (tertiary/aromatic N) is 1. The second kappa shape index (κ2) is 6.25. The molecule has 0 unspecified atom stereocenters. The number of carbonyl (C=O) groups is 2. The highest BCUT2D eigenvalue weighted by Gasteiger charge is 2.33. The standard InChI is InChI=1S/C11H7ClF3N3O2/c12-4-9(19)18-10(20)17-7-2-1-6(5-16)8(3-7)11(13,14)15/h1-3H,4H2,(H2,17,18,19,20). The molecule has 0 saturated carbocycles. The van der Waals surface area contributed by atoms with Crippen LogP contribution in [0.4, 0.5) is 23.7 Å². The highest BCUT2D eigenvalue weighted by molar-refractivity contribution is 6.28. The second-order valence-electron chi connectivity index (χ2n) is 3.51. The van der Waals surface area contributed by atoms with Crippen molar-refractivity contribution < 1.29 is 22.8 Å². The SMILES string of the molecule is N#Cc1ccc(NC(=O)NC(=O)CCl)cc1C(F)(F)F. The van der Waals surface area contributed by atoms with E-state index in [2.05, 4.69) is 0 Å². The zero-order valence-corrected chi connectivity index (χ0v) is 10.5. The Hall–Kier alpha value is -2.27. The second-order valence-corrected chi connectivity index (χ2v) is 3.77. The normalized spacial score (nSPS) is 10.6. The van der Waals surface area contributed by atoms with Crippen LogP contribution in [0, 0.1) is 11.3 Å². The van der Waals surface area contributed by atoms with Crippen LogP contribution in [-0.4, -0.2) is 17.8 Å². The van der Waals surface area contributed by atoms with Crippen molar-refractivity contribution in [1.82, 2.24) is 5.32 Å². The van der Waals surface area contributed by atoms with Crippen molar-refractivity contribution >= 4 is 29.2 Å². The van der Waals surface area contributed by atoms with Crippen molar-refractivity contribution in [2.24, 2.45) is 0 Å². The van der Waals surface area contributed by atoms with Crippen LogP contribution in [0.2, 0.25) is 0 Å². The number of hydrogen-bond donors (Lipinski definition) is 2. The first-order valence-corrected chi connectivity index (χ1v) is 5.59. The Morgan fingerprint density at radius 1 is 1.35 bits per heavy atom. The van der Waals surface area contributed by atoms with Crippen molar-refractivity contribution in [3.05, 3.63) is 29.3 Å². The minimum absolute atomic E-state index is 0.212. The zero-order chi connectivity index (χ0) is 15.3. The molecule has 0 atom stereocenters. The molecule has 0 radical (unpaired) electrons. The predicted molar refractivity (Wildman–Crippen MR) is 64.0 cm³/mol. The molecule has 1 aromatic carbocycles. The monoisotopic (exact) mass is 305 g/mol. The molecule has 0 bridgehead atoms. The van der Waals surface area contributed by atoms with Crippen molar-refractivity contribution in [2.75, 3.05) is 11.2 Å². The van der Waals surface area contributed by atoms with Gasteiger partial charge in [-0.15, -0.1) is 11.6 Å². The molecular weight excluding hydrogens is 299 g/mol. The first kappa shape index (κ1) is 15.8. The fraction of sp³-hybridized carbons (Fsp3) is 0.182. The van der Waals surface area contributed by atoms with E-state index >= 15 is 0 Å². The van der Waals surface area contributed by atoms with Gasteiger partial charge in [-0.3, -0.25) is 10.1 Å². The lowest BCUT2D eigenvalue weighted by atomic mass is 10.1.